The van der Waals surface area contributed by atoms with E-state index in [9.17, 15) is 8.78 Å². The Bertz CT molecular complexity index is 741. The molecule has 1 N–H and O–H groups in total. The number of rotatable bonds is 4. The van der Waals surface area contributed by atoms with Crippen LogP contribution in [0.1, 0.15) is 0 Å². The van der Waals surface area contributed by atoms with Crippen LogP contribution in [-0.4, -0.2) is 4.98 Å². The van der Waals surface area contributed by atoms with Gasteiger partial charge in [0.05, 0.1) is 0 Å². The third-order valence-electron chi connectivity index (χ3n) is 2.93. The lowest BCUT2D eigenvalue weighted by molar-refractivity contribution is 0.590. The fraction of sp³-hybridized carbons (Fsp3) is 0. The maximum Gasteiger partial charge on any atom is 0.149 e. The Balaban J connectivity index is 1.74. The molecule has 0 radical (unpaired) electrons. The monoisotopic (exact) mass is 314 g/mol. The Kier molecular flexibility index (Phi) is 4.34. The normalized spacial score (nSPS) is 10.5. The van der Waals surface area contributed by atoms with Crippen LogP contribution in [0.4, 0.5) is 20.3 Å². The third kappa shape index (κ3) is 3.43. The Labute approximate surface area is 131 Å². The molecule has 0 unspecified atom stereocenters. The van der Waals surface area contributed by atoms with Gasteiger partial charge < -0.3 is 5.32 Å². The molecule has 1 heterocycles. The average Bonchev–Trinajstić information content (AvgIpc) is 2.54. The van der Waals surface area contributed by atoms with E-state index in [2.05, 4.69) is 10.3 Å². The van der Waals surface area contributed by atoms with Crippen LogP contribution in [0.5, 0.6) is 0 Å². The van der Waals surface area contributed by atoms with Gasteiger partial charge in [0.1, 0.15) is 23.1 Å². The average molecular weight is 314 g/mol. The van der Waals surface area contributed by atoms with Crippen molar-refractivity contribution in [3.8, 4) is 0 Å². The standard InChI is InChI=1S/C17H12F2N2S/c18-14-7-4-8-15(19)17(14)21-16-10-9-13(11-20-16)22-12-5-2-1-3-6-12/h1-11H,(H,20,21). The van der Waals surface area contributed by atoms with Crippen LogP contribution in [0.3, 0.4) is 0 Å². The Morgan fingerprint density at radius 2 is 1.50 bits per heavy atom. The zero-order valence-electron chi connectivity index (χ0n) is 11.5. The van der Waals surface area contributed by atoms with Crippen LogP contribution in [0.15, 0.2) is 76.7 Å². The highest BCUT2D eigenvalue weighted by atomic mass is 32.2. The van der Waals surface area contributed by atoms with Crippen molar-refractivity contribution in [1.82, 2.24) is 4.98 Å². The summed E-state index contributed by atoms with van der Waals surface area (Å²) in [4.78, 5) is 6.24. The van der Waals surface area contributed by atoms with E-state index >= 15 is 0 Å². The van der Waals surface area contributed by atoms with Crippen molar-refractivity contribution in [1.29, 1.82) is 0 Å². The van der Waals surface area contributed by atoms with Crippen molar-refractivity contribution >= 4 is 23.3 Å². The van der Waals surface area contributed by atoms with Gasteiger partial charge in [-0.15, -0.1) is 0 Å². The number of halogens is 2. The largest absolute Gasteiger partial charge is 0.335 e. The fourth-order valence-electron chi connectivity index (χ4n) is 1.88. The summed E-state index contributed by atoms with van der Waals surface area (Å²) in [5.74, 6) is -0.907. The third-order valence-corrected chi connectivity index (χ3v) is 3.92. The zero-order valence-corrected chi connectivity index (χ0v) is 12.3. The van der Waals surface area contributed by atoms with Gasteiger partial charge in [-0.3, -0.25) is 0 Å². The van der Waals surface area contributed by atoms with Crippen molar-refractivity contribution < 1.29 is 8.78 Å². The maximum absolute atomic E-state index is 13.6. The highest BCUT2D eigenvalue weighted by Crippen LogP contribution is 2.28. The highest BCUT2D eigenvalue weighted by molar-refractivity contribution is 7.99. The van der Waals surface area contributed by atoms with Gasteiger partial charge in [-0.1, -0.05) is 36.0 Å². The van der Waals surface area contributed by atoms with E-state index in [0.717, 1.165) is 9.79 Å². The number of anilines is 2. The molecule has 0 spiro atoms. The van der Waals surface area contributed by atoms with Crippen molar-refractivity contribution in [3.63, 3.8) is 0 Å². The summed E-state index contributed by atoms with van der Waals surface area (Å²) in [6.07, 6.45) is 1.67. The quantitative estimate of drug-likeness (QED) is 0.711. The fourth-order valence-corrected chi connectivity index (χ4v) is 2.69. The molecule has 0 bridgehead atoms. The van der Waals surface area contributed by atoms with Gasteiger partial charge in [0.15, 0.2) is 0 Å². The second-order valence-corrected chi connectivity index (χ2v) is 5.66. The lowest BCUT2D eigenvalue weighted by Gasteiger charge is -2.08. The first-order valence-corrected chi connectivity index (χ1v) is 7.44. The van der Waals surface area contributed by atoms with Gasteiger partial charge in [0.25, 0.3) is 0 Å². The summed E-state index contributed by atoms with van der Waals surface area (Å²) < 4.78 is 27.1. The smallest absolute Gasteiger partial charge is 0.149 e. The van der Waals surface area contributed by atoms with Crippen molar-refractivity contribution in [2.75, 3.05) is 5.32 Å². The first kappa shape index (κ1) is 14.5. The summed E-state index contributed by atoms with van der Waals surface area (Å²) in [6, 6.07) is 17.2. The van der Waals surface area contributed by atoms with Gasteiger partial charge in [-0.05, 0) is 36.4 Å². The maximum atomic E-state index is 13.6. The number of nitrogens with zero attached hydrogens (tertiary/aromatic N) is 1. The Morgan fingerprint density at radius 3 is 2.14 bits per heavy atom. The molecule has 2 nitrogen and oxygen atoms in total. The van der Waals surface area contributed by atoms with E-state index in [0.29, 0.717) is 5.82 Å². The summed E-state index contributed by atoms with van der Waals surface area (Å²) >= 11 is 1.57. The van der Waals surface area contributed by atoms with Gasteiger partial charge >= 0.3 is 0 Å². The predicted octanol–water partition coefficient (Wildman–Crippen LogP) is 5.25. The van der Waals surface area contributed by atoms with Crippen LogP contribution in [0, 0.1) is 11.6 Å². The molecular formula is C17H12F2N2S. The number of hydrogen-bond acceptors (Lipinski definition) is 3. The zero-order chi connectivity index (χ0) is 15.4. The van der Waals surface area contributed by atoms with Crippen LogP contribution in [-0.2, 0) is 0 Å². The lowest BCUT2D eigenvalue weighted by atomic mass is 10.3. The van der Waals surface area contributed by atoms with Crippen molar-refractivity contribution in [2.24, 2.45) is 0 Å². The second kappa shape index (κ2) is 6.58. The molecule has 3 rings (SSSR count). The number of aromatic nitrogens is 1. The highest BCUT2D eigenvalue weighted by Gasteiger charge is 2.09. The Morgan fingerprint density at radius 1 is 0.773 bits per heavy atom. The van der Waals surface area contributed by atoms with Gasteiger partial charge in [0, 0.05) is 16.0 Å². The molecule has 3 aromatic rings. The van der Waals surface area contributed by atoms with E-state index in [1.165, 1.54) is 18.2 Å². The van der Waals surface area contributed by atoms with E-state index in [1.54, 1.807) is 24.0 Å². The molecule has 0 amide bonds. The van der Waals surface area contributed by atoms with Gasteiger partial charge in [0.2, 0.25) is 0 Å². The first-order chi connectivity index (χ1) is 10.7. The lowest BCUT2D eigenvalue weighted by Crippen LogP contribution is -1.98. The summed E-state index contributed by atoms with van der Waals surface area (Å²) in [6.45, 7) is 0. The summed E-state index contributed by atoms with van der Waals surface area (Å²) in [5, 5.41) is 2.66. The van der Waals surface area contributed by atoms with Crippen molar-refractivity contribution in [3.05, 3.63) is 78.5 Å². The van der Waals surface area contributed by atoms with Crippen LogP contribution >= 0.6 is 11.8 Å². The minimum Gasteiger partial charge on any atom is -0.335 e. The molecule has 0 saturated carbocycles. The molecule has 0 saturated heterocycles. The van der Waals surface area contributed by atoms with Crippen molar-refractivity contribution in [2.45, 2.75) is 9.79 Å². The number of para-hydroxylation sites is 1. The molecule has 110 valence electrons. The van der Waals surface area contributed by atoms with Gasteiger partial charge in [-0.25, -0.2) is 13.8 Å². The van der Waals surface area contributed by atoms with E-state index in [-0.39, 0.29) is 5.69 Å². The van der Waals surface area contributed by atoms with Gasteiger partial charge in [-0.2, -0.15) is 0 Å². The molecule has 0 aliphatic heterocycles. The molecule has 0 fully saturated rings. The molecular weight excluding hydrogens is 302 g/mol. The second-order valence-electron chi connectivity index (χ2n) is 4.52. The SMILES string of the molecule is Fc1cccc(F)c1Nc1ccc(Sc2ccccc2)cn1. The van der Waals surface area contributed by atoms with Crippen LogP contribution in [0.25, 0.3) is 0 Å². The molecule has 5 heteroatoms. The molecule has 2 aromatic carbocycles. The molecule has 0 aliphatic carbocycles. The number of benzene rings is 2. The molecule has 1 aromatic heterocycles. The van der Waals surface area contributed by atoms with Crippen LogP contribution in [0.2, 0.25) is 0 Å². The van der Waals surface area contributed by atoms with E-state index in [1.807, 2.05) is 36.4 Å². The Hall–Kier alpha value is -2.40. The summed E-state index contributed by atoms with van der Waals surface area (Å²) in [7, 11) is 0. The molecule has 0 atom stereocenters. The minimum atomic E-state index is -0.649. The van der Waals surface area contributed by atoms with E-state index in [4.69, 9.17) is 0 Å². The van der Waals surface area contributed by atoms with E-state index < -0.39 is 11.6 Å². The number of nitrogens with one attached hydrogen (secondary N) is 1. The predicted molar refractivity (Wildman–Crippen MR) is 84.4 cm³/mol. The molecule has 0 aliphatic rings. The van der Waals surface area contributed by atoms with Crippen LogP contribution < -0.4 is 5.32 Å². The topological polar surface area (TPSA) is 24.9 Å². The number of hydrogen-bond donors (Lipinski definition) is 1. The number of pyridine rings is 1. The summed E-state index contributed by atoms with van der Waals surface area (Å²) in [5.41, 5.74) is -0.196. The molecule has 22 heavy (non-hydrogen) atoms. The minimum absolute atomic E-state index is 0.196. The first-order valence-electron chi connectivity index (χ1n) is 6.62.